The molecular weight excluding hydrogens is 573 g/mol. The van der Waals surface area contributed by atoms with Crippen molar-refractivity contribution in [3.8, 4) is 28.8 Å². The number of rotatable bonds is 8. The van der Waals surface area contributed by atoms with Crippen LogP contribution in [0.2, 0.25) is 0 Å². The highest BCUT2D eigenvalue weighted by Crippen LogP contribution is 2.35. The van der Waals surface area contributed by atoms with E-state index in [9.17, 15) is 10.1 Å². The number of halogens is 1. The lowest BCUT2D eigenvalue weighted by atomic mass is 9.95. The van der Waals surface area contributed by atoms with Crippen LogP contribution in [-0.2, 0) is 11.3 Å². The Morgan fingerprint density at radius 1 is 1.11 bits per heavy atom. The Kier molecular flexibility index (Phi) is 8.22. The summed E-state index contributed by atoms with van der Waals surface area (Å²) in [6.07, 6.45) is 3.86. The van der Waals surface area contributed by atoms with Crippen LogP contribution >= 0.6 is 0 Å². The summed E-state index contributed by atoms with van der Waals surface area (Å²) >= 11 is 0. The molecule has 1 amide bonds. The number of carbonyl (C=O) groups is 1. The predicted octanol–water partition coefficient (Wildman–Crippen LogP) is 4.08. The summed E-state index contributed by atoms with van der Waals surface area (Å²) < 4.78 is 23.0. The Labute approximate surface area is 261 Å². The number of carbonyl (C=O) groups excluding carboxylic acids is 1. The van der Waals surface area contributed by atoms with E-state index in [0.29, 0.717) is 41.3 Å². The number of nitrogens with zero attached hydrogens (tertiary/aromatic N) is 8. The van der Waals surface area contributed by atoms with Gasteiger partial charge in [0, 0.05) is 49.9 Å². The maximum atomic E-state index is 15.5. The Bertz CT molecular complexity index is 1790. The van der Waals surface area contributed by atoms with Crippen LogP contribution in [0.3, 0.4) is 0 Å². The van der Waals surface area contributed by atoms with E-state index in [2.05, 4.69) is 32.9 Å². The standard InChI is InChI=1S/C33H36FN9O2/c1-33(2,41-15-13-40(3)14-16-41)18-22(19-35)32(44)42-12-11-23(42)20-43-31-28(30(36)37-21-38-31)29(39-43)26-10-9-25(17-27(26)34)45-24-7-5-4-6-8-24/h4-10,17-18,21,23H,11-16,20H2,1-3H3,(H2,36,37,38)/b22-18-/t23-/m0/s1. The fraction of sp³-hybridized carbons (Fsp3) is 0.364. The normalized spacial score (nSPS) is 18.1. The van der Waals surface area contributed by atoms with Gasteiger partial charge in [-0.25, -0.2) is 19.0 Å². The number of hydrogen-bond donors (Lipinski definition) is 1. The second-order valence-corrected chi connectivity index (χ2v) is 12.1. The highest BCUT2D eigenvalue weighted by Gasteiger charge is 2.37. The summed E-state index contributed by atoms with van der Waals surface area (Å²) in [6.45, 7) is 8.50. The molecule has 6 rings (SSSR count). The molecule has 0 bridgehead atoms. The van der Waals surface area contributed by atoms with Crippen LogP contribution in [0.25, 0.3) is 22.3 Å². The highest BCUT2D eigenvalue weighted by molar-refractivity contribution is 5.99. The van der Waals surface area contributed by atoms with E-state index in [0.717, 1.165) is 32.6 Å². The number of likely N-dealkylation sites (tertiary alicyclic amines) is 1. The Morgan fingerprint density at radius 2 is 1.87 bits per heavy atom. The molecule has 2 N–H and O–H groups in total. The molecule has 4 heterocycles. The van der Waals surface area contributed by atoms with Gasteiger partial charge in [0.15, 0.2) is 5.65 Å². The van der Waals surface area contributed by atoms with Gasteiger partial charge in [0.1, 0.15) is 46.8 Å². The number of piperazine rings is 1. The third-order valence-corrected chi connectivity index (χ3v) is 8.69. The number of fused-ring (bicyclic) bond motifs is 1. The number of likely N-dealkylation sites (N-methyl/N-ethyl adjacent to an activating group) is 1. The molecule has 45 heavy (non-hydrogen) atoms. The molecule has 2 fully saturated rings. The third kappa shape index (κ3) is 6.09. The summed E-state index contributed by atoms with van der Waals surface area (Å²) in [5.74, 6) is 0.269. The largest absolute Gasteiger partial charge is 0.457 e. The van der Waals surface area contributed by atoms with Gasteiger partial charge in [-0.2, -0.15) is 10.4 Å². The highest BCUT2D eigenvalue weighted by atomic mass is 19.1. The number of hydrogen-bond acceptors (Lipinski definition) is 9. The maximum Gasteiger partial charge on any atom is 0.264 e. The monoisotopic (exact) mass is 609 g/mol. The second kappa shape index (κ2) is 12.3. The molecule has 2 saturated heterocycles. The van der Waals surface area contributed by atoms with Crippen LogP contribution in [0.15, 0.2) is 66.5 Å². The van der Waals surface area contributed by atoms with Gasteiger partial charge < -0.3 is 20.3 Å². The second-order valence-electron chi connectivity index (χ2n) is 12.1. The van der Waals surface area contributed by atoms with E-state index in [1.807, 2.05) is 32.0 Å². The molecule has 0 spiro atoms. The lowest BCUT2D eigenvalue weighted by Gasteiger charge is -2.43. The Morgan fingerprint density at radius 3 is 2.53 bits per heavy atom. The number of amides is 1. The fourth-order valence-electron chi connectivity index (χ4n) is 5.94. The molecular formula is C33H36FN9O2. The van der Waals surface area contributed by atoms with Crippen molar-refractivity contribution in [2.24, 2.45) is 0 Å². The lowest BCUT2D eigenvalue weighted by Crippen LogP contribution is -2.55. The number of nitriles is 1. The smallest absolute Gasteiger partial charge is 0.264 e. The van der Waals surface area contributed by atoms with E-state index < -0.39 is 11.4 Å². The molecule has 0 saturated carbocycles. The summed E-state index contributed by atoms with van der Waals surface area (Å²) in [6, 6.07) is 15.6. The van der Waals surface area contributed by atoms with Gasteiger partial charge in [0.05, 0.1) is 18.0 Å². The zero-order valence-electron chi connectivity index (χ0n) is 25.7. The summed E-state index contributed by atoms with van der Waals surface area (Å²) in [7, 11) is 2.09. The molecule has 12 heteroatoms. The van der Waals surface area contributed by atoms with Gasteiger partial charge >= 0.3 is 0 Å². The van der Waals surface area contributed by atoms with Crippen molar-refractivity contribution in [1.29, 1.82) is 5.26 Å². The van der Waals surface area contributed by atoms with E-state index in [1.165, 1.54) is 12.4 Å². The molecule has 11 nitrogen and oxygen atoms in total. The first kappa shape index (κ1) is 30.2. The number of ether oxygens (including phenoxy) is 1. The average Bonchev–Trinajstić information content (AvgIpc) is 3.38. The number of benzene rings is 2. The third-order valence-electron chi connectivity index (χ3n) is 8.69. The topological polar surface area (TPSA) is 129 Å². The molecule has 1 atom stereocenters. The Hall–Kier alpha value is -4.86. The molecule has 0 aliphatic carbocycles. The number of anilines is 1. The van der Waals surface area contributed by atoms with Crippen LogP contribution in [0.5, 0.6) is 11.5 Å². The minimum absolute atomic E-state index is 0.126. The van der Waals surface area contributed by atoms with Crippen LogP contribution < -0.4 is 10.5 Å². The molecule has 0 unspecified atom stereocenters. The molecule has 2 aliphatic rings. The molecule has 2 aromatic carbocycles. The van der Waals surface area contributed by atoms with E-state index in [4.69, 9.17) is 15.6 Å². The van der Waals surface area contributed by atoms with Gasteiger partial charge in [-0.05, 0) is 57.7 Å². The first-order chi connectivity index (χ1) is 21.6. The van der Waals surface area contributed by atoms with Gasteiger partial charge in [-0.1, -0.05) is 18.2 Å². The first-order valence-corrected chi connectivity index (χ1v) is 15.0. The van der Waals surface area contributed by atoms with Crippen molar-refractivity contribution in [3.05, 3.63) is 72.3 Å². The first-order valence-electron chi connectivity index (χ1n) is 15.0. The Balaban J connectivity index is 1.24. The minimum Gasteiger partial charge on any atom is -0.457 e. The van der Waals surface area contributed by atoms with Crippen LogP contribution in [0.4, 0.5) is 10.2 Å². The van der Waals surface area contributed by atoms with Crippen molar-refractivity contribution < 1.29 is 13.9 Å². The van der Waals surface area contributed by atoms with Crippen molar-refractivity contribution in [3.63, 3.8) is 0 Å². The fourth-order valence-corrected chi connectivity index (χ4v) is 5.94. The van der Waals surface area contributed by atoms with Crippen LogP contribution in [-0.4, -0.2) is 91.7 Å². The number of nitrogen functional groups attached to an aromatic ring is 1. The van der Waals surface area contributed by atoms with Crippen LogP contribution in [0.1, 0.15) is 20.3 Å². The van der Waals surface area contributed by atoms with Crippen molar-refractivity contribution in [2.75, 3.05) is 45.5 Å². The van der Waals surface area contributed by atoms with Crippen molar-refractivity contribution in [2.45, 2.75) is 38.4 Å². The summed E-state index contributed by atoms with van der Waals surface area (Å²) in [5, 5.41) is 15.1. The molecule has 4 aromatic rings. The molecule has 0 radical (unpaired) electrons. The molecule has 2 aliphatic heterocycles. The summed E-state index contributed by atoms with van der Waals surface area (Å²) in [5.41, 5.74) is 6.90. The van der Waals surface area contributed by atoms with Gasteiger partial charge in [-0.15, -0.1) is 0 Å². The zero-order chi connectivity index (χ0) is 31.7. The van der Waals surface area contributed by atoms with Gasteiger partial charge in [0.25, 0.3) is 5.91 Å². The number of aromatic nitrogens is 4. The number of nitrogens with two attached hydrogens (primary N) is 1. The lowest BCUT2D eigenvalue weighted by molar-refractivity contribution is -0.134. The SMILES string of the molecule is CN1CCN(C(C)(C)/C=C(/C#N)C(=O)N2CC[C@H]2Cn2nc(-c3ccc(Oc4ccccc4)cc3F)c3c(N)ncnc32)CC1. The van der Waals surface area contributed by atoms with Gasteiger partial charge in [-0.3, -0.25) is 9.69 Å². The molecule has 2 aromatic heterocycles. The van der Waals surface area contributed by atoms with Crippen LogP contribution in [0, 0.1) is 17.1 Å². The van der Waals surface area contributed by atoms with E-state index in [-0.39, 0.29) is 28.9 Å². The van der Waals surface area contributed by atoms with E-state index in [1.54, 1.807) is 39.9 Å². The predicted molar refractivity (Wildman–Crippen MR) is 169 cm³/mol. The van der Waals surface area contributed by atoms with Crippen molar-refractivity contribution >= 4 is 22.8 Å². The molecule has 232 valence electrons. The quantitative estimate of drug-likeness (QED) is 0.232. The zero-order valence-corrected chi connectivity index (χ0v) is 25.7. The minimum atomic E-state index is -0.537. The van der Waals surface area contributed by atoms with E-state index >= 15 is 4.39 Å². The van der Waals surface area contributed by atoms with Gasteiger partial charge in [0.2, 0.25) is 0 Å². The van der Waals surface area contributed by atoms with Crippen molar-refractivity contribution in [1.82, 2.24) is 34.4 Å². The summed E-state index contributed by atoms with van der Waals surface area (Å²) in [4.78, 5) is 28.4. The number of para-hydroxylation sites is 1. The average molecular weight is 610 g/mol. The maximum absolute atomic E-state index is 15.5.